The second kappa shape index (κ2) is 4.69. The summed E-state index contributed by atoms with van der Waals surface area (Å²) in [5, 5.41) is 8.85. The van der Waals surface area contributed by atoms with Crippen LogP contribution in [0, 0.1) is 0 Å². The molecule has 1 N–H and O–H groups in total. The molecule has 1 aromatic heterocycles. The van der Waals surface area contributed by atoms with Crippen LogP contribution in [0.2, 0.25) is 0 Å². The zero-order chi connectivity index (χ0) is 14.2. The van der Waals surface area contributed by atoms with Gasteiger partial charge in [0.1, 0.15) is 0 Å². The molecular weight excluding hydrogens is 331 g/mol. The summed E-state index contributed by atoms with van der Waals surface area (Å²) in [6, 6.07) is 3.29. The Morgan fingerprint density at radius 2 is 2.05 bits per heavy atom. The van der Waals surface area contributed by atoms with Gasteiger partial charge in [0.05, 0.1) is 5.56 Å². The maximum absolute atomic E-state index is 12.7. The highest BCUT2D eigenvalue weighted by atomic mass is 79.9. The van der Waals surface area contributed by atoms with Crippen LogP contribution in [0.25, 0.3) is 11.3 Å². The summed E-state index contributed by atoms with van der Waals surface area (Å²) in [5.41, 5.74) is -1.36. The summed E-state index contributed by atoms with van der Waals surface area (Å²) in [6.07, 6.45) is -3.69. The summed E-state index contributed by atoms with van der Waals surface area (Å²) in [5.74, 6) is -1.59. The number of aromatic carboxylic acids is 1. The van der Waals surface area contributed by atoms with Crippen LogP contribution in [0.4, 0.5) is 13.2 Å². The van der Waals surface area contributed by atoms with Crippen molar-refractivity contribution in [3.8, 4) is 11.3 Å². The third kappa shape index (κ3) is 2.62. The van der Waals surface area contributed by atoms with Crippen LogP contribution in [0.1, 0.15) is 16.1 Å². The zero-order valence-corrected chi connectivity index (χ0v) is 10.6. The van der Waals surface area contributed by atoms with Gasteiger partial charge in [-0.1, -0.05) is 15.9 Å². The van der Waals surface area contributed by atoms with Crippen molar-refractivity contribution in [3.05, 3.63) is 40.3 Å². The van der Waals surface area contributed by atoms with E-state index in [9.17, 15) is 18.0 Å². The molecule has 0 bridgehead atoms. The van der Waals surface area contributed by atoms with Crippen molar-refractivity contribution in [3.63, 3.8) is 0 Å². The van der Waals surface area contributed by atoms with Crippen molar-refractivity contribution in [1.29, 1.82) is 0 Å². The molecule has 0 amide bonds. The molecule has 1 aromatic carbocycles. The van der Waals surface area contributed by atoms with Gasteiger partial charge in [0.25, 0.3) is 0 Å². The summed E-state index contributed by atoms with van der Waals surface area (Å²) < 4.78 is 42.9. The van der Waals surface area contributed by atoms with Crippen LogP contribution in [0.5, 0.6) is 0 Å². The minimum Gasteiger partial charge on any atom is -0.476 e. The number of hydrogen-bond acceptors (Lipinski definition) is 3. The minimum atomic E-state index is -4.56. The molecule has 0 fully saturated rings. The lowest BCUT2D eigenvalue weighted by Crippen LogP contribution is -2.06. The molecule has 0 atom stereocenters. The smallest absolute Gasteiger partial charge is 0.417 e. The lowest BCUT2D eigenvalue weighted by Gasteiger charge is -2.10. The van der Waals surface area contributed by atoms with Crippen molar-refractivity contribution in [2.45, 2.75) is 6.18 Å². The second-order valence-electron chi connectivity index (χ2n) is 3.53. The number of carboxylic acids is 1. The van der Waals surface area contributed by atoms with Gasteiger partial charge < -0.3 is 9.52 Å². The van der Waals surface area contributed by atoms with Crippen molar-refractivity contribution < 1.29 is 27.5 Å². The number of carboxylic acid groups (broad SMARTS) is 1. The monoisotopic (exact) mass is 335 g/mol. The first kappa shape index (κ1) is 13.6. The topological polar surface area (TPSA) is 63.3 Å². The van der Waals surface area contributed by atoms with Crippen LogP contribution >= 0.6 is 15.9 Å². The van der Waals surface area contributed by atoms with E-state index in [1.54, 1.807) is 0 Å². The maximum atomic E-state index is 12.7. The van der Waals surface area contributed by atoms with E-state index in [0.29, 0.717) is 0 Å². The van der Waals surface area contributed by atoms with Gasteiger partial charge >= 0.3 is 12.1 Å². The molecule has 19 heavy (non-hydrogen) atoms. The number of nitrogens with zero attached hydrogens (tertiary/aromatic N) is 1. The fraction of sp³-hybridized carbons (Fsp3) is 0.0909. The van der Waals surface area contributed by atoms with Crippen LogP contribution in [-0.2, 0) is 6.18 Å². The average Bonchev–Trinajstić information content (AvgIpc) is 2.77. The first-order chi connectivity index (χ1) is 8.80. The number of aromatic nitrogens is 1. The van der Waals surface area contributed by atoms with Gasteiger partial charge in [-0.25, -0.2) is 9.78 Å². The Bertz CT molecular complexity index is 636. The SMILES string of the molecule is O=C(O)c1ncoc1-c1ccc(Br)c(C(F)(F)F)c1. The van der Waals surface area contributed by atoms with Gasteiger partial charge in [0.2, 0.25) is 0 Å². The Morgan fingerprint density at radius 3 is 2.63 bits per heavy atom. The van der Waals surface area contributed by atoms with Crippen LogP contribution in [0.3, 0.4) is 0 Å². The molecule has 2 aromatic rings. The average molecular weight is 336 g/mol. The molecule has 0 aliphatic carbocycles. The normalized spacial score (nSPS) is 11.6. The lowest BCUT2D eigenvalue weighted by molar-refractivity contribution is -0.138. The summed E-state index contributed by atoms with van der Waals surface area (Å²) in [4.78, 5) is 14.3. The molecule has 4 nitrogen and oxygen atoms in total. The quantitative estimate of drug-likeness (QED) is 0.906. The van der Waals surface area contributed by atoms with Gasteiger partial charge in [-0.05, 0) is 18.2 Å². The van der Waals surface area contributed by atoms with E-state index in [4.69, 9.17) is 9.52 Å². The molecule has 0 saturated heterocycles. The van der Waals surface area contributed by atoms with Gasteiger partial charge in [0, 0.05) is 10.0 Å². The Labute approximate surface area is 113 Å². The highest BCUT2D eigenvalue weighted by Crippen LogP contribution is 2.37. The third-order valence-electron chi connectivity index (χ3n) is 2.30. The van der Waals surface area contributed by atoms with E-state index in [-0.39, 0.29) is 15.8 Å². The van der Waals surface area contributed by atoms with E-state index >= 15 is 0 Å². The van der Waals surface area contributed by atoms with Gasteiger partial charge in [-0.3, -0.25) is 0 Å². The number of alkyl halides is 3. The highest BCUT2D eigenvalue weighted by molar-refractivity contribution is 9.10. The molecule has 0 saturated carbocycles. The van der Waals surface area contributed by atoms with E-state index in [1.807, 2.05) is 0 Å². The number of halogens is 4. The van der Waals surface area contributed by atoms with Gasteiger partial charge in [-0.2, -0.15) is 13.2 Å². The molecule has 1 heterocycles. The Balaban J connectivity index is 2.58. The number of rotatable bonds is 2. The molecule has 0 unspecified atom stereocenters. The third-order valence-corrected chi connectivity index (χ3v) is 3.00. The molecule has 0 spiro atoms. The number of oxazole rings is 1. The Morgan fingerprint density at radius 1 is 1.37 bits per heavy atom. The van der Waals surface area contributed by atoms with E-state index in [0.717, 1.165) is 12.5 Å². The Hall–Kier alpha value is -1.83. The summed E-state index contributed by atoms with van der Waals surface area (Å²) >= 11 is 2.79. The summed E-state index contributed by atoms with van der Waals surface area (Å²) in [7, 11) is 0. The highest BCUT2D eigenvalue weighted by Gasteiger charge is 2.33. The lowest BCUT2D eigenvalue weighted by atomic mass is 10.1. The molecule has 0 radical (unpaired) electrons. The van der Waals surface area contributed by atoms with E-state index in [1.165, 1.54) is 12.1 Å². The standard InChI is InChI=1S/C11H5BrF3NO3/c12-7-2-1-5(3-6(7)11(13,14)15)9-8(10(17)18)16-4-19-9/h1-4H,(H,17,18). The minimum absolute atomic E-state index is 0.00887. The van der Waals surface area contributed by atoms with Crippen LogP contribution in [0.15, 0.2) is 33.5 Å². The van der Waals surface area contributed by atoms with Crippen LogP contribution in [-0.4, -0.2) is 16.1 Å². The van der Waals surface area contributed by atoms with E-state index in [2.05, 4.69) is 20.9 Å². The fourth-order valence-electron chi connectivity index (χ4n) is 1.49. The largest absolute Gasteiger partial charge is 0.476 e. The predicted octanol–water partition coefficient (Wildman–Crippen LogP) is 3.82. The Kier molecular flexibility index (Phi) is 3.36. The first-order valence-corrected chi connectivity index (χ1v) is 5.64. The van der Waals surface area contributed by atoms with Crippen molar-refractivity contribution in [1.82, 2.24) is 4.98 Å². The maximum Gasteiger partial charge on any atom is 0.417 e. The molecule has 2 rings (SSSR count). The first-order valence-electron chi connectivity index (χ1n) is 4.84. The number of benzene rings is 1. The van der Waals surface area contributed by atoms with Crippen molar-refractivity contribution in [2.24, 2.45) is 0 Å². The van der Waals surface area contributed by atoms with Gasteiger partial charge in [-0.15, -0.1) is 0 Å². The molecule has 8 heteroatoms. The summed E-state index contributed by atoms with van der Waals surface area (Å²) in [6.45, 7) is 0. The second-order valence-corrected chi connectivity index (χ2v) is 4.38. The van der Waals surface area contributed by atoms with E-state index < -0.39 is 23.4 Å². The molecule has 0 aliphatic heterocycles. The van der Waals surface area contributed by atoms with Crippen LogP contribution < -0.4 is 0 Å². The predicted molar refractivity (Wildman–Crippen MR) is 61.6 cm³/mol. The molecule has 100 valence electrons. The number of hydrogen-bond donors (Lipinski definition) is 1. The zero-order valence-electron chi connectivity index (χ0n) is 9.03. The van der Waals surface area contributed by atoms with Gasteiger partial charge in [0.15, 0.2) is 17.8 Å². The fourth-order valence-corrected chi connectivity index (χ4v) is 1.96. The number of carbonyl (C=O) groups is 1. The van der Waals surface area contributed by atoms with Crippen molar-refractivity contribution >= 4 is 21.9 Å². The van der Waals surface area contributed by atoms with Crippen molar-refractivity contribution in [2.75, 3.05) is 0 Å². The molecular formula is C11H5BrF3NO3. The molecule has 0 aliphatic rings.